The van der Waals surface area contributed by atoms with Gasteiger partial charge in [-0.2, -0.15) is 0 Å². The predicted molar refractivity (Wildman–Crippen MR) is 139 cm³/mol. The van der Waals surface area contributed by atoms with E-state index < -0.39 is 0 Å². The van der Waals surface area contributed by atoms with E-state index in [9.17, 15) is 9.59 Å². The molecule has 1 saturated carbocycles. The van der Waals surface area contributed by atoms with E-state index in [0.29, 0.717) is 18.8 Å². The van der Waals surface area contributed by atoms with Gasteiger partial charge < -0.3 is 0 Å². The standard InChI is InChI=1S/C27H29ClN6O2/c1-2-8-23-24(28)34(26(35)20-9-4-3-5-10-20)27(36)33(23)17-18-13-15-19(16-14-18)21-11-6-7-12-22(21)25-29-31-32-30-25/h6-7,11-16,20H,2-5,8-10,17H2,1H3,(H,29,30,31,32). The van der Waals surface area contributed by atoms with Crippen LogP contribution >= 0.6 is 11.6 Å². The van der Waals surface area contributed by atoms with Crippen molar-refractivity contribution in [2.75, 3.05) is 0 Å². The first-order valence-corrected chi connectivity index (χ1v) is 12.9. The molecule has 0 amide bonds. The third-order valence-corrected chi connectivity index (χ3v) is 7.36. The van der Waals surface area contributed by atoms with Crippen LogP contribution in [-0.4, -0.2) is 35.7 Å². The Hall–Kier alpha value is -3.52. The Morgan fingerprint density at radius 1 is 1.06 bits per heavy atom. The fraction of sp³-hybridized carbons (Fsp3) is 0.370. The Bertz CT molecular complexity index is 1400. The zero-order valence-electron chi connectivity index (χ0n) is 20.3. The highest BCUT2D eigenvalue weighted by molar-refractivity contribution is 6.31. The number of tetrazole rings is 1. The van der Waals surface area contributed by atoms with E-state index in [-0.39, 0.29) is 22.7 Å². The molecule has 9 heteroatoms. The molecule has 0 radical (unpaired) electrons. The Labute approximate surface area is 214 Å². The lowest BCUT2D eigenvalue weighted by Crippen LogP contribution is -2.34. The SMILES string of the molecule is CCCc1c(Cl)n(C(=O)C2CCCCC2)c(=O)n1Cc1ccc(-c2ccccc2-c2nnn[nH]2)cc1. The molecule has 0 saturated heterocycles. The second kappa shape index (κ2) is 10.6. The third-order valence-electron chi connectivity index (χ3n) is 6.98. The van der Waals surface area contributed by atoms with Crippen LogP contribution in [0.2, 0.25) is 5.15 Å². The van der Waals surface area contributed by atoms with E-state index in [0.717, 1.165) is 66.5 Å². The van der Waals surface area contributed by atoms with Gasteiger partial charge in [-0.1, -0.05) is 92.7 Å². The first kappa shape index (κ1) is 24.2. The molecule has 4 aromatic rings. The Morgan fingerprint density at radius 2 is 1.78 bits per heavy atom. The summed E-state index contributed by atoms with van der Waals surface area (Å²) in [4.78, 5) is 26.7. The molecule has 2 aromatic heterocycles. The van der Waals surface area contributed by atoms with Gasteiger partial charge in [0.25, 0.3) is 0 Å². The van der Waals surface area contributed by atoms with Crippen molar-refractivity contribution < 1.29 is 4.79 Å². The maximum absolute atomic E-state index is 13.4. The van der Waals surface area contributed by atoms with Gasteiger partial charge in [-0.15, -0.1) is 5.10 Å². The summed E-state index contributed by atoms with van der Waals surface area (Å²) in [5.74, 6) is 0.317. The number of aromatic amines is 1. The van der Waals surface area contributed by atoms with Crippen molar-refractivity contribution in [2.24, 2.45) is 5.92 Å². The maximum Gasteiger partial charge on any atom is 0.336 e. The lowest BCUT2D eigenvalue weighted by molar-refractivity contribution is 0.0796. The summed E-state index contributed by atoms with van der Waals surface area (Å²) in [5, 5.41) is 14.5. The molecule has 2 aromatic carbocycles. The number of H-pyrrole nitrogens is 1. The molecule has 1 fully saturated rings. The van der Waals surface area contributed by atoms with Gasteiger partial charge in [0.1, 0.15) is 5.15 Å². The van der Waals surface area contributed by atoms with Crippen LogP contribution in [0, 0.1) is 5.92 Å². The Balaban J connectivity index is 1.45. The largest absolute Gasteiger partial charge is 0.336 e. The van der Waals surface area contributed by atoms with Crippen molar-refractivity contribution in [3.8, 4) is 22.5 Å². The number of imidazole rings is 1. The molecule has 1 aliphatic rings. The first-order valence-electron chi connectivity index (χ1n) is 12.5. The monoisotopic (exact) mass is 504 g/mol. The third kappa shape index (κ3) is 4.65. The summed E-state index contributed by atoms with van der Waals surface area (Å²) in [6.07, 6.45) is 6.29. The normalized spacial score (nSPS) is 14.3. The number of carbonyl (C=O) groups is 1. The second-order valence-corrected chi connectivity index (χ2v) is 9.72. The summed E-state index contributed by atoms with van der Waals surface area (Å²) in [6, 6.07) is 16.0. The van der Waals surface area contributed by atoms with E-state index in [1.54, 1.807) is 4.57 Å². The smallest absolute Gasteiger partial charge is 0.290 e. The van der Waals surface area contributed by atoms with E-state index in [2.05, 4.69) is 20.6 Å². The number of rotatable bonds is 7. The minimum atomic E-state index is -0.341. The predicted octanol–water partition coefficient (Wildman–Crippen LogP) is 5.37. The molecule has 186 valence electrons. The van der Waals surface area contributed by atoms with Crippen LogP contribution in [0.5, 0.6) is 0 Å². The molecule has 0 spiro atoms. The average Bonchev–Trinajstić information content (AvgIpc) is 3.53. The second-order valence-electron chi connectivity index (χ2n) is 9.36. The van der Waals surface area contributed by atoms with Crippen molar-refractivity contribution in [3.05, 3.63) is 75.4 Å². The Kier molecular flexibility index (Phi) is 7.13. The molecular weight excluding hydrogens is 476 g/mol. The summed E-state index contributed by atoms with van der Waals surface area (Å²) in [7, 11) is 0. The van der Waals surface area contributed by atoms with Gasteiger partial charge >= 0.3 is 5.69 Å². The maximum atomic E-state index is 13.4. The summed E-state index contributed by atoms with van der Waals surface area (Å²) in [6.45, 7) is 2.40. The molecule has 0 bridgehead atoms. The van der Waals surface area contributed by atoms with Gasteiger partial charge in [0.2, 0.25) is 5.91 Å². The van der Waals surface area contributed by atoms with Gasteiger partial charge in [0.05, 0.1) is 12.2 Å². The van der Waals surface area contributed by atoms with Crippen molar-refractivity contribution >= 4 is 17.5 Å². The van der Waals surface area contributed by atoms with Crippen molar-refractivity contribution in [1.82, 2.24) is 29.8 Å². The fourth-order valence-corrected chi connectivity index (χ4v) is 5.46. The fourth-order valence-electron chi connectivity index (χ4n) is 5.11. The number of nitrogens with one attached hydrogen (secondary N) is 1. The highest BCUT2D eigenvalue weighted by atomic mass is 35.5. The van der Waals surface area contributed by atoms with E-state index >= 15 is 0 Å². The zero-order chi connectivity index (χ0) is 25.1. The minimum absolute atomic E-state index is 0.127. The topological polar surface area (TPSA) is 98.5 Å². The van der Waals surface area contributed by atoms with Crippen LogP contribution in [-0.2, 0) is 13.0 Å². The summed E-state index contributed by atoms with van der Waals surface area (Å²) >= 11 is 6.67. The highest BCUT2D eigenvalue weighted by Gasteiger charge is 2.29. The lowest BCUT2D eigenvalue weighted by Gasteiger charge is -2.20. The molecule has 1 aliphatic carbocycles. The van der Waals surface area contributed by atoms with Crippen LogP contribution < -0.4 is 5.69 Å². The molecule has 36 heavy (non-hydrogen) atoms. The van der Waals surface area contributed by atoms with Crippen LogP contribution in [0.25, 0.3) is 22.5 Å². The highest BCUT2D eigenvalue weighted by Crippen LogP contribution is 2.30. The number of halogens is 1. The number of carbonyl (C=O) groups excluding carboxylic acids is 1. The molecule has 0 atom stereocenters. The van der Waals surface area contributed by atoms with E-state index in [1.807, 2.05) is 55.5 Å². The molecule has 8 nitrogen and oxygen atoms in total. The molecule has 0 aliphatic heterocycles. The summed E-state index contributed by atoms with van der Waals surface area (Å²) < 4.78 is 2.88. The van der Waals surface area contributed by atoms with Crippen molar-refractivity contribution in [3.63, 3.8) is 0 Å². The van der Waals surface area contributed by atoms with Gasteiger partial charge in [-0.3, -0.25) is 9.36 Å². The number of nitrogens with zero attached hydrogens (tertiary/aromatic N) is 5. The van der Waals surface area contributed by atoms with Gasteiger partial charge in [-0.05, 0) is 46.4 Å². The number of hydrogen-bond acceptors (Lipinski definition) is 5. The van der Waals surface area contributed by atoms with Crippen LogP contribution in [0.1, 0.15) is 61.5 Å². The summed E-state index contributed by atoms with van der Waals surface area (Å²) in [5.41, 5.74) is 4.25. The average molecular weight is 505 g/mol. The van der Waals surface area contributed by atoms with Gasteiger partial charge in [0, 0.05) is 11.5 Å². The van der Waals surface area contributed by atoms with Crippen molar-refractivity contribution in [2.45, 2.75) is 58.4 Å². The number of benzene rings is 2. The first-order chi connectivity index (χ1) is 17.6. The molecular formula is C27H29ClN6O2. The van der Waals surface area contributed by atoms with Gasteiger partial charge in [0.15, 0.2) is 5.82 Å². The molecule has 1 N–H and O–H groups in total. The van der Waals surface area contributed by atoms with Crippen LogP contribution in [0.3, 0.4) is 0 Å². The quantitative estimate of drug-likeness (QED) is 0.364. The molecule has 0 unspecified atom stereocenters. The lowest BCUT2D eigenvalue weighted by atomic mass is 9.88. The van der Waals surface area contributed by atoms with Gasteiger partial charge in [-0.25, -0.2) is 14.5 Å². The van der Waals surface area contributed by atoms with E-state index in [1.165, 1.54) is 4.57 Å². The molecule has 5 rings (SSSR count). The molecule has 2 heterocycles. The van der Waals surface area contributed by atoms with Crippen LogP contribution in [0.4, 0.5) is 0 Å². The van der Waals surface area contributed by atoms with Crippen molar-refractivity contribution in [1.29, 1.82) is 0 Å². The van der Waals surface area contributed by atoms with E-state index in [4.69, 9.17) is 11.6 Å². The number of aromatic nitrogens is 6. The Morgan fingerprint density at radius 3 is 2.44 bits per heavy atom. The van der Waals surface area contributed by atoms with Crippen LogP contribution in [0.15, 0.2) is 53.3 Å². The number of hydrogen-bond donors (Lipinski definition) is 1. The zero-order valence-corrected chi connectivity index (χ0v) is 21.0. The minimum Gasteiger partial charge on any atom is -0.290 e.